The minimum absolute atomic E-state index is 0. The van der Waals surface area contributed by atoms with Gasteiger partial charge in [-0.1, -0.05) is 181 Å². The molecule has 10 nitrogen and oxygen atoms in total. The van der Waals surface area contributed by atoms with E-state index in [4.69, 9.17) is 9.47 Å². The fraction of sp³-hybridized carbons (Fsp3) is 1.00. The second-order valence-corrected chi connectivity index (χ2v) is 15.0. The zero-order valence-corrected chi connectivity index (χ0v) is 38.6. The van der Waals surface area contributed by atoms with Gasteiger partial charge in [0.25, 0.3) is 0 Å². The summed E-state index contributed by atoms with van der Waals surface area (Å²) in [6.45, 7) is 5.64. The van der Waals surface area contributed by atoms with Crippen LogP contribution in [-0.2, 0) is 38.6 Å². The summed E-state index contributed by atoms with van der Waals surface area (Å²) in [6, 6.07) is 0. The zero-order valence-electron chi connectivity index (χ0n) is 32.9. The Morgan fingerprint density at radius 1 is 0.320 bits per heavy atom. The molecule has 0 aliphatic heterocycles. The average Bonchev–Trinajstić information content (AvgIpc) is 3.03. The first kappa shape index (κ1) is 58.4. The summed E-state index contributed by atoms with van der Waals surface area (Å²) in [5.74, 6) is 0. The van der Waals surface area contributed by atoms with Crippen molar-refractivity contribution in [3.05, 3.63) is 0 Å². The third kappa shape index (κ3) is 61.7. The molecule has 0 radical (unpaired) electrons. The van der Waals surface area contributed by atoms with E-state index in [-0.39, 0.29) is 85.5 Å². The molecule has 0 aliphatic carbocycles. The van der Waals surface area contributed by atoms with Gasteiger partial charge < -0.3 is 18.6 Å². The largest absolute Gasteiger partial charge is 1.00 e. The Hall–Kier alpha value is 1.66. The minimum atomic E-state index is -4.58. The summed E-state index contributed by atoms with van der Waals surface area (Å²) in [7, 11) is -9.15. The molecule has 14 heteroatoms. The van der Waals surface area contributed by atoms with Gasteiger partial charge in [-0.05, 0) is 12.8 Å². The second kappa shape index (κ2) is 46.8. The Morgan fingerprint density at radius 3 is 0.720 bits per heavy atom. The van der Waals surface area contributed by atoms with Crippen LogP contribution in [0.3, 0.4) is 0 Å². The van der Waals surface area contributed by atoms with Crippen molar-refractivity contribution >= 4 is 20.8 Å². The van der Waals surface area contributed by atoms with Gasteiger partial charge in [-0.2, -0.15) is 0 Å². The van der Waals surface area contributed by atoms with Gasteiger partial charge in [0.15, 0.2) is 0 Å². The van der Waals surface area contributed by atoms with Crippen molar-refractivity contribution in [1.82, 2.24) is 0 Å². The predicted molar refractivity (Wildman–Crippen MR) is 194 cm³/mol. The van der Waals surface area contributed by atoms with Crippen molar-refractivity contribution in [2.45, 2.75) is 194 Å². The first-order chi connectivity index (χ1) is 23.1. The molecule has 0 aromatic carbocycles. The van der Waals surface area contributed by atoms with Crippen molar-refractivity contribution in [3.8, 4) is 0 Å². The molecule has 0 saturated heterocycles. The van der Waals surface area contributed by atoms with Crippen LogP contribution >= 0.6 is 0 Å². The fourth-order valence-electron chi connectivity index (χ4n) is 5.39. The van der Waals surface area contributed by atoms with Crippen LogP contribution in [0.15, 0.2) is 0 Å². The molecule has 0 N–H and O–H groups in total. The molecule has 0 rings (SSSR count). The van der Waals surface area contributed by atoms with E-state index in [1.807, 2.05) is 0 Å². The predicted octanol–water partition coefficient (Wildman–Crippen LogP) is 3.93. The molecule has 0 aliphatic rings. The first-order valence-corrected chi connectivity index (χ1v) is 22.1. The summed E-state index contributed by atoms with van der Waals surface area (Å²) < 4.78 is 79.5. The maximum Gasteiger partial charge on any atom is 1.00 e. The minimum Gasteiger partial charge on any atom is -0.726 e. The smallest absolute Gasteiger partial charge is 0.726 e. The Morgan fingerprint density at radius 2 is 0.520 bits per heavy atom. The number of rotatable bonds is 38. The van der Waals surface area contributed by atoms with Gasteiger partial charge in [0.1, 0.15) is 0 Å². The van der Waals surface area contributed by atoms with Gasteiger partial charge >= 0.3 is 59.1 Å². The van der Waals surface area contributed by atoms with Gasteiger partial charge in [0.05, 0.1) is 26.4 Å². The van der Waals surface area contributed by atoms with Crippen LogP contribution in [0, 0.1) is 0 Å². The van der Waals surface area contributed by atoms with E-state index in [0.29, 0.717) is 13.2 Å². The maximum atomic E-state index is 10.2. The fourth-order valence-corrected chi connectivity index (χ4v) is 5.94. The van der Waals surface area contributed by atoms with Gasteiger partial charge in [-0.3, -0.25) is 8.37 Å². The molecule has 0 heterocycles. The molecule has 0 amide bonds. The monoisotopic (exact) mass is 776 g/mol. The molecule has 0 unspecified atom stereocenters. The van der Waals surface area contributed by atoms with E-state index < -0.39 is 20.8 Å². The van der Waals surface area contributed by atoms with E-state index in [9.17, 15) is 25.9 Å². The molecule has 0 aromatic heterocycles. The topological polar surface area (TPSA) is 151 Å². The Kier molecular flexibility index (Phi) is 54.6. The van der Waals surface area contributed by atoms with Crippen molar-refractivity contribution < 1.29 is 103 Å². The van der Waals surface area contributed by atoms with E-state index in [1.54, 1.807) is 0 Å². The molecule has 50 heavy (non-hydrogen) atoms. The summed E-state index contributed by atoms with van der Waals surface area (Å²) in [6.07, 6.45) is 36.8. The Labute approximate surface area is 353 Å². The van der Waals surface area contributed by atoms with Crippen LogP contribution in [0.25, 0.3) is 0 Å². The van der Waals surface area contributed by atoms with Crippen molar-refractivity contribution in [1.29, 1.82) is 0 Å². The number of ether oxygens (including phenoxy) is 2. The van der Waals surface area contributed by atoms with Gasteiger partial charge in [0, 0.05) is 13.2 Å². The zero-order chi connectivity index (χ0) is 35.9. The number of hydrogen-bond donors (Lipinski definition) is 0. The molecule has 0 spiro atoms. The third-order valence-corrected chi connectivity index (χ3v) is 9.11. The summed E-state index contributed by atoms with van der Waals surface area (Å²) in [4.78, 5) is 0. The van der Waals surface area contributed by atoms with Crippen LogP contribution in [0.5, 0.6) is 0 Å². The average molecular weight is 777 g/mol. The molecule has 0 bridgehead atoms. The Bertz CT molecular complexity index is 767. The van der Waals surface area contributed by atoms with Gasteiger partial charge in [0.2, 0.25) is 20.8 Å². The van der Waals surface area contributed by atoms with E-state index in [1.165, 1.54) is 154 Å². The SMILES string of the molecule is CCCCCCCCCCCCCCCCOCCOS(=O)(=O)[O-].CCCCCCCCCCCCCCCCOCCOS(=O)(=O)[O-].[Na+].[Na+]. The quantitative estimate of drug-likeness (QED) is 0.0391. The maximum absolute atomic E-state index is 10.2. The van der Waals surface area contributed by atoms with Crippen molar-refractivity contribution in [2.75, 3.05) is 39.6 Å². The van der Waals surface area contributed by atoms with Gasteiger partial charge in [-0.15, -0.1) is 0 Å². The summed E-state index contributed by atoms with van der Waals surface area (Å²) >= 11 is 0. The molecule has 0 fully saturated rings. The van der Waals surface area contributed by atoms with E-state index >= 15 is 0 Å². The normalized spacial score (nSPS) is 11.4. The van der Waals surface area contributed by atoms with Crippen LogP contribution < -0.4 is 59.1 Å². The second-order valence-electron chi connectivity index (χ2n) is 12.9. The molecular formula is C36H74Na2O10S2. The standard InChI is InChI=1S/2C18H38O5S.2Na/c2*1-2-3-4-5-6-7-8-9-10-11-12-13-14-15-16-22-17-18-23-24(19,20)21;;/h2*2-18H2,1H3,(H,19,20,21);;/q;;2*+1/p-2. The Balaban J connectivity index is -0.000000407. The van der Waals surface area contributed by atoms with Crippen molar-refractivity contribution in [2.24, 2.45) is 0 Å². The molecule has 0 saturated carbocycles. The van der Waals surface area contributed by atoms with E-state index in [0.717, 1.165) is 25.7 Å². The van der Waals surface area contributed by atoms with Gasteiger partial charge in [-0.25, -0.2) is 16.8 Å². The summed E-state index contributed by atoms with van der Waals surface area (Å²) in [5.41, 5.74) is 0. The molecular weight excluding hydrogens is 703 g/mol. The van der Waals surface area contributed by atoms with E-state index in [2.05, 4.69) is 22.2 Å². The van der Waals surface area contributed by atoms with Crippen molar-refractivity contribution in [3.63, 3.8) is 0 Å². The van der Waals surface area contributed by atoms with Crippen LogP contribution in [0.4, 0.5) is 0 Å². The number of hydrogen-bond acceptors (Lipinski definition) is 10. The first-order valence-electron chi connectivity index (χ1n) is 19.5. The summed E-state index contributed by atoms with van der Waals surface area (Å²) in [5, 5.41) is 0. The molecule has 0 atom stereocenters. The van der Waals surface area contributed by atoms with Crippen LogP contribution in [0.2, 0.25) is 0 Å². The van der Waals surface area contributed by atoms with Crippen LogP contribution in [-0.4, -0.2) is 65.6 Å². The number of unbranched alkanes of at least 4 members (excludes halogenated alkanes) is 26. The molecule has 292 valence electrons. The third-order valence-electron chi connectivity index (χ3n) is 8.20. The molecule has 0 aromatic rings. The van der Waals surface area contributed by atoms with Crippen LogP contribution in [0.1, 0.15) is 194 Å².